The maximum Gasteiger partial charge on any atom is 0.306 e. The van der Waals surface area contributed by atoms with Gasteiger partial charge in [-0.15, -0.1) is 0 Å². The molecule has 0 aliphatic rings. The third kappa shape index (κ3) is 5.37. The number of benzene rings is 3. The second-order valence-electron chi connectivity index (χ2n) is 9.37. The predicted molar refractivity (Wildman–Crippen MR) is 158 cm³/mol. The molecule has 0 atom stereocenters. The van der Waals surface area contributed by atoms with Crippen LogP contribution in [0.4, 0.5) is 10.3 Å². The number of halogens is 3. The molecule has 0 saturated carbocycles. The Labute approximate surface area is 245 Å². The number of H-pyrrole nitrogens is 1. The molecule has 0 radical (unpaired) electrons. The fourth-order valence-corrected chi connectivity index (χ4v) is 6.40. The zero-order valence-electron chi connectivity index (χ0n) is 21.7. The highest BCUT2D eigenvalue weighted by Gasteiger charge is 2.28. The molecule has 0 fully saturated rings. The Morgan fingerprint density at radius 2 is 1.61 bits per heavy atom. The van der Waals surface area contributed by atoms with E-state index in [9.17, 15) is 21.2 Å². The van der Waals surface area contributed by atoms with Gasteiger partial charge in [-0.05, 0) is 62.4 Å². The number of nitrogen functional groups attached to an aromatic ring is 1. The largest absolute Gasteiger partial charge is 0.380 e. The minimum absolute atomic E-state index is 0.0299. The second-order valence-corrected chi connectivity index (χ2v) is 14.1. The van der Waals surface area contributed by atoms with E-state index in [2.05, 4.69) is 9.97 Å². The SMILES string of the molecule is CC(C)S(=O)(=O)n1c(N)nc2c(OS(C)(=O)=O)cc(-c3nc(-c4c(Cl)cccc4Cl)[nH]c3-c3ccc(F)cc3)cc21. The van der Waals surface area contributed by atoms with Crippen LogP contribution in [0.25, 0.3) is 44.9 Å². The Balaban J connectivity index is 1.88. The van der Waals surface area contributed by atoms with Crippen molar-refractivity contribution >= 4 is 60.3 Å². The maximum atomic E-state index is 13.8. The first kappa shape index (κ1) is 28.9. The van der Waals surface area contributed by atoms with Crippen LogP contribution < -0.4 is 9.92 Å². The van der Waals surface area contributed by atoms with E-state index < -0.39 is 31.2 Å². The van der Waals surface area contributed by atoms with E-state index in [1.54, 1.807) is 18.2 Å². The van der Waals surface area contributed by atoms with Gasteiger partial charge in [0.05, 0.1) is 44.0 Å². The van der Waals surface area contributed by atoms with Crippen molar-refractivity contribution in [2.75, 3.05) is 12.0 Å². The molecular weight excluding hydrogens is 616 g/mol. The second kappa shape index (κ2) is 10.3. The number of aromatic nitrogens is 4. The van der Waals surface area contributed by atoms with E-state index in [-0.39, 0.29) is 39.8 Å². The topological polar surface area (TPSA) is 150 Å². The van der Waals surface area contributed by atoms with Crippen LogP contribution in [0.5, 0.6) is 5.75 Å². The number of anilines is 1. The molecule has 0 aliphatic carbocycles. The average molecular weight is 639 g/mol. The smallest absolute Gasteiger partial charge is 0.306 e. The summed E-state index contributed by atoms with van der Waals surface area (Å²) >= 11 is 12.9. The highest BCUT2D eigenvalue weighted by molar-refractivity contribution is 7.90. The lowest BCUT2D eigenvalue weighted by Crippen LogP contribution is -2.23. The van der Waals surface area contributed by atoms with Crippen molar-refractivity contribution in [2.24, 2.45) is 0 Å². The summed E-state index contributed by atoms with van der Waals surface area (Å²) in [6, 6.07) is 13.3. The number of aromatic amines is 1. The average Bonchev–Trinajstić information content (AvgIpc) is 3.45. The van der Waals surface area contributed by atoms with Crippen LogP contribution in [0, 0.1) is 5.82 Å². The molecule has 0 saturated heterocycles. The molecule has 0 amide bonds. The predicted octanol–water partition coefficient (Wildman–Crippen LogP) is 5.71. The minimum atomic E-state index is -4.08. The summed E-state index contributed by atoms with van der Waals surface area (Å²) in [5.74, 6) is -0.862. The minimum Gasteiger partial charge on any atom is -0.380 e. The van der Waals surface area contributed by atoms with Crippen molar-refractivity contribution < 1.29 is 25.4 Å². The number of hydrogen-bond acceptors (Lipinski definition) is 8. The summed E-state index contributed by atoms with van der Waals surface area (Å²) in [7, 11) is -8.13. The molecule has 3 aromatic carbocycles. The van der Waals surface area contributed by atoms with Crippen molar-refractivity contribution in [3.63, 3.8) is 0 Å². The van der Waals surface area contributed by atoms with E-state index in [0.29, 0.717) is 26.9 Å². The molecule has 214 valence electrons. The van der Waals surface area contributed by atoms with Crippen molar-refractivity contribution in [1.82, 2.24) is 18.9 Å². The number of imidazole rings is 2. The van der Waals surface area contributed by atoms with Gasteiger partial charge in [-0.25, -0.2) is 26.7 Å². The van der Waals surface area contributed by atoms with Gasteiger partial charge < -0.3 is 14.9 Å². The number of rotatable bonds is 7. The Kier molecular flexibility index (Phi) is 7.26. The Bertz CT molecular complexity index is 2020. The molecule has 0 unspecified atom stereocenters. The molecule has 2 heterocycles. The lowest BCUT2D eigenvalue weighted by molar-refractivity contribution is 0.495. The molecule has 0 bridgehead atoms. The van der Waals surface area contributed by atoms with Gasteiger partial charge in [-0.3, -0.25) is 0 Å². The van der Waals surface area contributed by atoms with E-state index in [4.69, 9.17) is 38.1 Å². The molecule has 41 heavy (non-hydrogen) atoms. The first-order valence-electron chi connectivity index (χ1n) is 11.9. The number of fused-ring (bicyclic) bond motifs is 1. The van der Waals surface area contributed by atoms with Gasteiger partial charge in [0.2, 0.25) is 16.0 Å². The molecule has 2 aromatic heterocycles. The van der Waals surface area contributed by atoms with Crippen LogP contribution in [0.3, 0.4) is 0 Å². The highest BCUT2D eigenvalue weighted by Crippen LogP contribution is 2.41. The standard InChI is InChI=1S/C26H22Cl2FN5O5S2/c1-13(2)41(37,38)34-19-11-15(12-20(39-40(3,35)36)24(19)33-26(34)30)23-22(14-7-9-16(29)10-8-14)31-25(32-23)21-17(27)5-4-6-18(21)28/h4-13H,1-3H3,(H2,30,33)(H,31,32). The highest BCUT2D eigenvalue weighted by atomic mass is 35.5. The molecule has 3 N–H and O–H groups in total. The Morgan fingerprint density at radius 1 is 0.976 bits per heavy atom. The van der Waals surface area contributed by atoms with E-state index in [1.807, 2.05) is 0 Å². The lowest BCUT2D eigenvalue weighted by Gasteiger charge is -2.12. The normalized spacial score (nSPS) is 12.4. The first-order chi connectivity index (χ1) is 19.2. The molecule has 15 heteroatoms. The van der Waals surface area contributed by atoms with Gasteiger partial charge in [0, 0.05) is 11.1 Å². The van der Waals surface area contributed by atoms with Crippen LogP contribution >= 0.6 is 23.2 Å². The molecule has 10 nitrogen and oxygen atoms in total. The van der Waals surface area contributed by atoms with Crippen molar-refractivity contribution in [2.45, 2.75) is 19.1 Å². The summed E-state index contributed by atoms with van der Waals surface area (Å²) in [5.41, 5.74) is 7.66. The number of nitrogens with two attached hydrogens (primary N) is 1. The van der Waals surface area contributed by atoms with Crippen LogP contribution in [0.1, 0.15) is 13.8 Å². The van der Waals surface area contributed by atoms with Gasteiger partial charge in [-0.2, -0.15) is 8.42 Å². The fourth-order valence-electron chi connectivity index (χ4n) is 4.24. The van der Waals surface area contributed by atoms with Crippen LogP contribution in [0.15, 0.2) is 54.6 Å². The van der Waals surface area contributed by atoms with Crippen LogP contribution in [-0.2, 0) is 20.1 Å². The van der Waals surface area contributed by atoms with Crippen molar-refractivity contribution in [3.05, 3.63) is 70.5 Å². The van der Waals surface area contributed by atoms with Gasteiger partial charge in [0.25, 0.3) is 0 Å². The van der Waals surface area contributed by atoms with E-state index in [0.717, 1.165) is 10.2 Å². The molecular formula is C26H22Cl2FN5O5S2. The third-order valence-electron chi connectivity index (χ3n) is 6.11. The third-order valence-corrected chi connectivity index (χ3v) is 9.31. The summed E-state index contributed by atoms with van der Waals surface area (Å²) in [6.45, 7) is 2.94. The van der Waals surface area contributed by atoms with Crippen molar-refractivity contribution in [1.29, 1.82) is 0 Å². The van der Waals surface area contributed by atoms with E-state index >= 15 is 0 Å². The maximum absolute atomic E-state index is 13.8. The molecule has 5 aromatic rings. The zero-order valence-corrected chi connectivity index (χ0v) is 24.8. The summed E-state index contributed by atoms with van der Waals surface area (Å²) < 4.78 is 70.7. The monoisotopic (exact) mass is 637 g/mol. The first-order valence-corrected chi connectivity index (χ1v) is 16.0. The summed E-state index contributed by atoms with van der Waals surface area (Å²) in [6.07, 6.45) is 0.840. The Hall–Kier alpha value is -3.65. The summed E-state index contributed by atoms with van der Waals surface area (Å²) in [4.78, 5) is 12.0. The van der Waals surface area contributed by atoms with Gasteiger partial charge in [0.15, 0.2) is 5.75 Å². The lowest BCUT2D eigenvalue weighted by atomic mass is 10.0. The van der Waals surface area contributed by atoms with Crippen LogP contribution in [0.2, 0.25) is 10.0 Å². The molecule has 0 spiro atoms. The quantitative estimate of drug-likeness (QED) is 0.215. The number of hydrogen-bond donors (Lipinski definition) is 2. The summed E-state index contributed by atoms with van der Waals surface area (Å²) in [5, 5.41) is -0.290. The number of nitrogens with one attached hydrogen (secondary N) is 1. The van der Waals surface area contributed by atoms with E-state index in [1.165, 1.54) is 50.2 Å². The molecule has 5 rings (SSSR count). The fraction of sp³-hybridized carbons (Fsp3) is 0.154. The number of nitrogens with zero attached hydrogens (tertiary/aromatic N) is 3. The zero-order chi connectivity index (χ0) is 29.9. The Morgan fingerprint density at radius 3 is 2.20 bits per heavy atom. The van der Waals surface area contributed by atoms with Gasteiger partial charge >= 0.3 is 10.1 Å². The van der Waals surface area contributed by atoms with Gasteiger partial charge in [-0.1, -0.05) is 29.3 Å². The van der Waals surface area contributed by atoms with Gasteiger partial charge in [0.1, 0.15) is 17.2 Å². The van der Waals surface area contributed by atoms with Crippen molar-refractivity contribution in [3.8, 4) is 39.7 Å². The van der Waals surface area contributed by atoms with Crippen LogP contribution in [-0.4, -0.2) is 47.3 Å². The molecule has 0 aliphatic heterocycles.